The Morgan fingerprint density at radius 1 is 0.621 bits per heavy atom. The van der Waals surface area contributed by atoms with Crippen molar-refractivity contribution in [3.63, 3.8) is 0 Å². The monoisotopic (exact) mass is 395 g/mol. The van der Waals surface area contributed by atoms with Crippen molar-refractivity contribution in [3.05, 3.63) is 90.0 Å². The maximum absolute atomic E-state index is 6.26. The average Bonchev–Trinajstić information content (AvgIpc) is 3.34. The summed E-state index contributed by atoms with van der Waals surface area (Å²) in [5.41, 5.74) is 6.20. The second kappa shape index (κ2) is 6.23. The van der Waals surface area contributed by atoms with Crippen LogP contribution in [0, 0.1) is 0 Å². The number of fused-ring (bicyclic) bond motifs is 4. The molecule has 0 atom stereocenters. The van der Waals surface area contributed by atoms with Crippen LogP contribution in [0.3, 0.4) is 0 Å². The Labute approximate surface area is 171 Å². The Kier molecular flexibility index (Phi) is 3.52. The van der Waals surface area contributed by atoms with Gasteiger partial charge in [-0.2, -0.15) is 0 Å². The van der Waals surface area contributed by atoms with Gasteiger partial charge in [0.25, 0.3) is 0 Å². The maximum Gasteiger partial charge on any atom is 0.227 e. The first-order valence-corrected chi connectivity index (χ1v) is 9.71. The Bertz CT molecular complexity index is 1500. The molecular formula is C25H14ClNO2. The Morgan fingerprint density at radius 3 is 2.21 bits per heavy atom. The van der Waals surface area contributed by atoms with Gasteiger partial charge in [-0.1, -0.05) is 66.2 Å². The number of halogens is 1. The number of hydrogen-bond acceptors (Lipinski definition) is 3. The molecule has 3 nitrogen and oxygen atoms in total. The molecule has 0 unspecified atom stereocenters. The molecule has 29 heavy (non-hydrogen) atoms. The molecule has 6 rings (SSSR count). The third-order valence-corrected chi connectivity index (χ3v) is 5.50. The Hall–Kier alpha value is -3.56. The van der Waals surface area contributed by atoms with Crippen molar-refractivity contribution in [1.29, 1.82) is 0 Å². The van der Waals surface area contributed by atoms with Gasteiger partial charge in [-0.25, -0.2) is 4.98 Å². The fraction of sp³-hybridized carbons (Fsp3) is 0. The molecule has 0 aliphatic heterocycles. The van der Waals surface area contributed by atoms with Gasteiger partial charge in [0.1, 0.15) is 11.1 Å². The highest BCUT2D eigenvalue weighted by atomic mass is 35.5. The lowest BCUT2D eigenvalue weighted by Crippen LogP contribution is -1.80. The van der Waals surface area contributed by atoms with E-state index in [1.165, 1.54) is 5.56 Å². The third-order valence-electron chi connectivity index (χ3n) is 5.20. The molecule has 0 aliphatic rings. The molecule has 138 valence electrons. The summed E-state index contributed by atoms with van der Waals surface area (Å²) in [7, 11) is 0. The van der Waals surface area contributed by atoms with Crippen LogP contribution in [-0.4, -0.2) is 4.98 Å². The van der Waals surface area contributed by atoms with Crippen LogP contribution >= 0.6 is 11.6 Å². The van der Waals surface area contributed by atoms with Crippen LogP contribution in [0.1, 0.15) is 0 Å². The standard InChI is InChI=1S/C25H14ClNO2/c26-20-8-4-7-18-19-13-23-21(14-22(19)28-24(18)20)27-25(29-23)17-11-9-16(10-12-17)15-5-2-1-3-6-15/h1-14H. The predicted molar refractivity (Wildman–Crippen MR) is 117 cm³/mol. The first-order chi connectivity index (χ1) is 14.3. The second-order valence-corrected chi connectivity index (χ2v) is 7.40. The van der Waals surface area contributed by atoms with Gasteiger partial charge in [-0.3, -0.25) is 0 Å². The van der Waals surface area contributed by atoms with E-state index in [2.05, 4.69) is 29.2 Å². The smallest absolute Gasteiger partial charge is 0.227 e. The summed E-state index contributed by atoms with van der Waals surface area (Å²) >= 11 is 6.26. The molecule has 6 aromatic rings. The number of furan rings is 1. The Balaban J connectivity index is 1.45. The minimum atomic E-state index is 0.592. The lowest BCUT2D eigenvalue weighted by atomic mass is 10.0. The van der Waals surface area contributed by atoms with Crippen LogP contribution in [0.2, 0.25) is 5.02 Å². The van der Waals surface area contributed by atoms with E-state index in [0.717, 1.165) is 38.6 Å². The normalized spacial score (nSPS) is 11.6. The molecule has 0 N–H and O–H groups in total. The zero-order chi connectivity index (χ0) is 19.4. The summed E-state index contributed by atoms with van der Waals surface area (Å²) in [4.78, 5) is 4.67. The van der Waals surface area contributed by atoms with Crippen molar-refractivity contribution < 1.29 is 8.83 Å². The molecule has 0 spiro atoms. The van der Waals surface area contributed by atoms with Crippen molar-refractivity contribution in [1.82, 2.24) is 4.98 Å². The maximum atomic E-state index is 6.26. The molecule has 0 fully saturated rings. The molecule has 0 radical (unpaired) electrons. The molecule has 4 heteroatoms. The number of rotatable bonds is 2. The molecule has 2 aromatic heterocycles. The first-order valence-electron chi connectivity index (χ1n) is 9.33. The molecule has 2 heterocycles. The number of para-hydroxylation sites is 1. The SMILES string of the molecule is Clc1cccc2c1oc1cc3nc(-c4ccc(-c5ccccc5)cc4)oc3cc12. The van der Waals surface area contributed by atoms with Crippen LogP contribution in [0.25, 0.3) is 55.6 Å². The highest BCUT2D eigenvalue weighted by molar-refractivity contribution is 6.35. The number of nitrogens with zero attached hydrogens (tertiary/aromatic N) is 1. The van der Waals surface area contributed by atoms with Gasteiger partial charge in [-0.05, 0) is 35.4 Å². The van der Waals surface area contributed by atoms with E-state index in [0.29, 0.717) is 16.5 Å². The lowest BCUT2D eigenvalue weighted by Gasteiger charge is -2.02. The summed E-state index contributed by atoms with van der Waals surface area (Å²) in [5, 5.41) is 2.54. The largest absolute Gasteiger partial charge is 0.454 e. The average molecular weight is 396 g/mol. The van der Waals surface area contributed by atoms with Crippen molar-refractivity contribution in [2.75, 3.05) is 0 Å². The fourth-order valence-electron chi connectivity index (χ4n) is 3.74. The molecule has 0 saturated heterocycles. The number of benzene rings is 4. The van der Waals surface area contributed by atoms with Gasteiger partial charge in [0, 0.05) is 22.4 Å². The highest BCUT2D eigenvalue weighted by Gasteiger charge is 2.15. The van der Waals surface area contributed by atoms with E-state index in [4.69, 9.17) is 20.4 Å². The van der Waals surface area contributed by atoms with E-state index < -0.39 is 0 Å². The molecule has 0 aliphatic carbocycles. The molecule has 4 aromatic carbocycles. The van der Waals surface area contributed by atoms with E-state index in [1.807, 2.05) is 60.7 Å². The highest BCUT2D eigenvalue weighted by Crippen LogP contribution is 2.36. The van der Waals surface area contributed by atoms with Crippen LogP contribution in [0.15, 0.2) is 93.8 Å². The third kappa shape index (κ3) is 2.63. The minimum Gasteiger partial charge on any atom is -0.454 e. The van der Waals surface area contributed by atoms with Gasteiger partial charge in [0.05, 0.1) is 5.02 Å². The van der Waals surface area contributed by atoms with Crippen LogP contribution in [0.5, 0.6) is 0 Å². The summed E-state index contributed by atoms with van der Waals surface area (Å²) in [6.07, 6.45) is 0. The molecular weight excluding hydrogens is 382 g/mol. The summed E-state index contributed by atoms with van der Waals surface area (Å²) in [5.74, 6) is 0.592. The zero-order valence-electron chi connectivity index (χ0n) is 15.2. The fourth-order valence-corrected chi connectivity index (χ4v) is 3.96. The quantitative estimate of drug-likeness (QED) is 0.301. The minimum absolute atomic E-state index is 0.592. The number of aromatic nitrogens is 1. The van der Waals surface area contributed by atoms with Crippen molar-refractivity contribution >= 4 is 44.6 Å². The van der Waals surface area contributed by atoms with Gasteiger partial charge in [0.2, 0.25) is 5.89 Å². The predicted octanol–water partition coefficient (Wildman–Crippen LogP) is 7.71. The van der Waals surface area contributed by atoms with E-state index in [1.54, 1.807) is 0 Å². The molecule has 0 amide bonds. The van der Waals surface area contributed by atoms with E-state index in [9.17, 15) is 0 Å². The zero-order valence-corrected chi connectivity index (χ0v) is 16.0. The van der Waals surface area contributed by atoms with Crippen LogP contribution in [0.4, 0.5) is 0 Å². The summed E-state index contributed by atoms with van der Waals surface area (Å²) in [6, 6.07) is 28.2. The summed E-state index contributed by atoms with van der Waals surface area (Å²) in [6.45, 7) is 0. The van der Waals surface area contributed by atoms with Crippen LogP contribution < -0.4 is 0 Å². The van der Waals surface area contributed by atoms with Gasteiger partial charge < -0.3 is 8.83 Å². The van der Waals surface area contributed by atoms with Crippen molar-refractivity contribution in [2.24, 2.45) is 0 Å². The van der Waals surface area contributed by atoms with E-state index in [-0.39, 0.29) is 0 Å². The van der Waals surface area contributed by atoms with Gasteiger partial charge >= 0.3 is 0 Å². The van der Waals surface area contributed by atoms with Crippen LogP contribution in [-0.2, 0) is 0 Å². The Morgan fingerprint density at radius 2 is 1.38 bits per heavy atom. The van der Waals surface area contributed by atoms with Crippen molar-refractivity contribution in [2.45, 2.75) is 0 Å². The number of oxazole rings is 1. The second-order valence-electron chi connectivity index (χ2n) is 7.00. The van der Waals surface area contributed by atoms with E-state index >= 15 is 0 Å². The topological polar surface area (TPSA) is 39.2 Å². The lowest BCUT2D eigenvalue weighted by molar-refractivity contribution is 0.620. The van der Waals surface area contributed by atoms with Gasteiger partial charge in [-0.15, -0.1) is 0 Å². The molecule has 0 bridgehead atoms. The van der Waals surface area contributed by atoms with Gasteiger partial charge in [0.15, 0.2) is 11.2 Å². The first kappa shape index (κ1) is 16.4. The van der Waals surface area contributed by atoms with Crippen molar-refractivity contribution in [3.8, 4) is 22.6 Å². The number of hydrogen-bond donors (Lipinski definition) is 0. The summed E-state index contributed by atoms with van der Waals surface area (Å²) < 4.78 is 12.0. The molecule has 0 saturated carbocycles.